The van der Waals surface area contributed by atoms with Crippen LogP contribution in [0.15, 0.2) is 43.0 Å². The highest BCUT2D eigenvalue weighted by Crippen LogP contribution is 2.35. The lowest BCUT2D eigenvalue weighted by atomic mass is 10.0. The summed E-state index contributed by atoms with van der Waals surface area (Å²) in [5, 5.41) is 13.1. The lowest BCUT2D eigenvalue weighted by molar-refractivity contribution is -0.137. The number of nitrogens with zero attached hydrogens (tertiary/aromatic N) is 7. The lowest BCUT2D eigenvalue weighted by Gasteiger charge is -2.35. The van der Waals surface area contributed by atoms with E-state index in [4.69, 9.17) is 0 Å². The van der Waals surface area contributed by atoms with Crippen LogP contribution in [-0.4, -0.2) is 63.0 Å². The predicted molar refractivity (Wildman–Crippen MR) is 142 cm³/mol. The number of hydrogen-bond acceptors (Lipinski definition) is 8. The number of alkyl halides is 3. The Morgan fingerprint density at radius 2 is 1.90 bits per heavy atom. The van der Waals surface area contributed by atoms with Crippen LogP contribution in [0.25, 0.3) is 22.3 Å². The van der Waals surface area contributed by atoms with Gasteiger partial charge in [-0.15, -0.1) is 0 Å². The minimum atomic E-state index is -4.55. The fourth-order valence-electron chi connectivity index (χ4n) is 4.82. The molecule has 4 aromatic heterocycles. The quantitative estimate of drug-likeness (QED) is 0.355. The second-order valence-corrected chi connectivity index (χ2v) is 9.89. The molecule has 0 amide bonds. The molecular weight excluding hydrogens is 507 g/mol. The first-order valence-corrected chi connectivity index (χ1v) is 12.6. The lowest BCUT2D eigenvalue weighted by Crippen LogP contribution is -2.42. The molecule has 0 aliphatic carbocycles. The Balaban J connectivity index is 1.35. The summed E-state index contributed by atoms with van der Waals surface area (Å²) in [5.74, 6) is 1.17. The van der Waals surface area contributed by atoms with Gasteiger partial charge in [0.15, 0.2) is 0 Å². The highest BCUT2D eigenvalue weighted by atomic mass is 19.4. The zero-order valence-electron chi connectivity index (χ0n) is 21.8. The Hall–Kier alpha value is -4.24. The summed E-state index contributed by atoms with van der Waals surface area (Å²) in [6.45, 7) is 3.85. The maximum Gasteiger partial charge on any atom is 0.417 e. The van der Waals surface area contributed by atoms with Crippen LogP contribution in [0.4, 0.5) is 24.9 Å². The van der Waals surface area contributed by atoms with Crippen LogP contribution in [0, 0.1) is 11.3 Å². The number of H-pyrrole nitrogens is 1. The molecule has 1 aliphatic heterocycles. The van der Waals surface area contributed by atoms with Gasteiger partial charge in [-0.2, -0.15) is 18.4 Å². The van der Waals surface area contributed by atoms with E-state index in [0.29, 0.717) is 11.6 Å². The molecule has 202 valence electrons. The molecular formula is C27H28F3N9. The third-order valence-corrected chi connectivity index (χ3v) is 7.16. The largest absolute Gasteiger partial charge is 0.417 e. The van der Waals surface area contributed by atoms with Gasteiger partial charge in [0, 0.05) is 48.7 Å². The number of aromatic amines is 1. The molecule has 5 heterocycles. The smallest absolute Gasteiger partial charge is 0.357 e. The van der Waals surface area contributed by atoms with Crippen LogP contribution in [0.3, 0.4) is 0 Å². The van der Waals surface area contributed by atoms with Gasteiger partial charge in [0.2, 0.25) is 5.95 Å². The average molecular weight is 536 g/mol. The van der Waals surface area contributed by atoms with Gasteiger partial charge in [0.1, 0.15) is 17.5 Å². The molecule has 9 nitrogen and oxygen atoms in total. The Morgan fingerprint density at radius 3 is 2.54 bits per heavy atom. The summed E-state index contributed by atoms with van der Waals surface area (Å²) in [6.07, 6.45) is 3.09. The first-order valence-electron chi connectivity index (χ1n) is 12.6. The van der Waals surface area contributed by atoms with E-state index < -0.39 is 11.7 Å². The van der Waals surface area contributed by atoms with Gasteiger partial charge in [0.05, 0.1) is 29.1 Å². The average Bonchev–Trinajstić information content (AvgIpc) is 3.36. The predicted octanol–water partition coefficient (Wildman–Crippen LogP) is 5.01. The van der Waals surface area contributed by atoms with Crippen molar-refractivity contribution in [3.63, 3.8) is 0 Å². The number of anilines is 2. The van der Waals surface area contributed by atoms with Crippen molar-refractivity contribution < 1.29 is 13.2 Å². The standard InChI is InChI=1S/C27H28F3N9/c1-16(17-4-5-23(32-12-17)39-8-6-20(7-9-39)38(2)3)36-26-35-13-18(11-31)24(37-26)22-15-34-25-21(22)10-19(14-33-25)27(28,29)30/h4-5,10,12-16,20H,6-9H2,1-3H3,(H,33,34)(H,35,36,37)/t16-/m1/s1. The van der Waals surface area contributed by atoms with E-state index in [1.807, 2.05) is 31.3 Å². The van der Waals surface area contributed by atoms with Crippen LogP contribution in [0.5, 0.6) is 0 Å². The number of aromatic nitrogens is 5. The first-order chi connectivity index (χ1) is 18.6. The van der Waals surface area contributed by atoms with Crippen molar-refractivity contribution >= 4 is 22.8 Å². The van der Waals surface area contributed by atoms with E-state index in [0.717, 1.165) is 49.6 Å². The van der Waals surface area contributed by atoms with Crippen molar-refractivity contribution in [1.82, 2.24) is 29.8 Å². The zero-order valence-corrected chi connectivity index (χ0v) is 21.8. The molecule has 1 aliphatic rings. The number of halogens is 3. The van der Waals surface area contributed by atoms with Crippen molar-refractivity contribution in [2.45, 2.75) is 38.0 Å². The van der Waals surface area contributed by atoms with Crippen LogP contribution in [0.2, 0.25) is 0 Å². The van der Waals surface area contributed by atoms with Crippen LogP contribution >= 0.6 is 0 Å². The minimum Gasteiger partial charge on any atom is -0.357 e. The molecule has 1 atom stereocenters. The molecule has 1 saturated heterocycles. The Labute approximate surface area is 223 Å². The summed E-state index contributed by atoms with van der Waals surface area (Å²) >= 11 is 0. The van der Waals surface area contributed by atoms with Crippen molar-refractivity contribution in [2.24, 2.45) is 0 Å². The van der Waals surface area contributed by atoms with Crippen molar-refractivity contribution in [1.29, 1.82) is 5.26 Å². The Kier molecular flexibility index (Phi) is 7.10. The number of nitriles is 1. The number of rotatable bonds is 6. The van der Waals surface area contributed by atoms with E-state index in [1.165, 1.54) is 12.4 Å². The molecule has 1 fully saturated rings. The summed E-state index contributed by atoms with van der Waals surface area (Å²) in [7, 11) is 4.23. The summed E-state index contributed by atoms with van der Waals surface area (Å²) in [5.41, 5.74) is 0.985. The monoisotopic (exact) mass is 535 g/mol. The molecule has 5 rings (SSSR count). The third-order valence-electron chi connectivity index (χ3n) is 7.16. The Bertz CT molecular complexity index is 1500. The number of piperidine rings is 1. The molecule has 4 aromatic rings. The molecule has 0 radical (unpaired) electrons. The fraction of sp³-hybridized carbons (Fsp3) is 0.370. The normalized spacial score (nSPS) is 15.5. The van der Waals surface area contributed by atoms with Gasteiger partial charge in [-0.05, 0) is 51.6 Å². The van der Waals surface area contributed by atoms with Crippen molar-refractivity contribution in [2.75, 3.05) is 37.4 Å². The summed E-state index contributed by atoms with van der Waals surface area (Å²) in [6, 6.07) is 7.42. The second-order valence-electron chi connectivity index (χ2n) is 9.89. The highest BCUT2D eigenvalue weighted by molar-refractivity contribution is 5.94. The van der Waals surface area contributed by atoms with Gasteiger partial charge >= 0.3 is 6.18 Å². The SMILES string of the molecule is C[C@@H](Nc1ncc(C#N)c(-c2c[nH]c3ncc(C(F)(F)F)cc23)n1)c1ccc(N2CCC(N(C)C)CC2)nc1. The third kappa shape index (κ3) is 5.49. The summed E-state index contributed by atoms with van der Waals surface area (Å²) in [4.78, 5) is 24.7. The summed E-state index contributed by atoms with van der Waals surface area (Å²) < 4.78 is 39.9. The number of nitrogens with one attached hydrogen (secondary N) is 2. The maximum absolute atomic E-state index is 13.3. The Morgan fingerprint density at radius 1 is 1.13 bits per heavy atom. The fourth-order valence-corrected chi connectivity index (χ4v) is 4.82. The van der Waals surface area contributed by atoms with Crippen molar-refractivity contribution in [3.05, 3.63) is 59.7 Å². The van der Waals surface area contributed by atoms with Gasteiger partial charge in [-0.25, -0.2) is 19.9 Å². The highest BCUT2D eigenvalue weighted by Gasteiger charge is 2.32. The van der Waals surface area contributed by atoms with E-state index >= 15 is 0 Å². The topological polar surface area (TPSA) is 110 Å². The molecule has 2 N–H and O–H groups in total. The van der Waals surface area contributed by atoms with Gasteiger partial charge in [-0.3, -0.25) is 0 Å². The molecule has 0 bridgehead atoms. The van der Waals surface area contributed by atoms with Gasteiger partial charge < -0.3 is 20.1 Å². The van der Waals surface area contributed by atoms with E-state index in [9.17, 15) is 18.4 Å². The molecule has 0 unspecified atom stereocenters. The van der Waals surface area contributed by atoms with Crippen LogP contribution in [-0.2, 0) is 6.18 Å². The molecule has 0 aromatic carbocycles. The van der Waals surface area contributed by atoms with Crippen LogP contribution < -0.4 is 10.2 Å². The van der Waals surface area contributed by atoms with Gasteiger partial charge in [0.25, 0.3) is 0 Å². The maximum atomic E-state index is 13.3. The molecule has 12 heteroatoms. The number of fused-ring (bicyclic) bond motifs is 1. The van der Waals surface area contributed by atoms with Crippen LogP contribution in [0.1, 0.15) is 42.5 Å². The number of pyridine rings is 2. The minimum absolute atomic E-state index is 0.135. The van der Waals surface area contributed by atoms with E-state index in [-0.39, 0.29) is 34.3 Å². The number of hydrogen-bond donors (Lipinski definition) is 2. The van der Waals surface area contributed by atoms with Gasteiger partial charge in [-0.1, -0.05) is 6.07 Å². The molecule has 39 heavy (non-hydrogen) atoms. The van der Waals surface area contributed by atoms with Crippen molar-refractivity contribution in [3.8, 4) is 17.3 Å². The second kappa shape index (κ2) is 10.5. The van der Waals surface area contributed by atoms with E-state index in [1.54, 1.807) is 0 Å². The molecule has 0 saturated carbocycles. The van der Waals surface area contributed by atoms with E-state index in [2.05, 4.69) is 54.1 Å². The first kappa shape index (κ1) is 26.4. The molecule has 0 spiro atoms. The zero-order chi connectivity index (χ0) is 27.7.